The fourth-order valence-corrected chi connectivity index (χ4v) is 4.10. The lowest BCUT2D eigenvalue weighted by molar-refractivity contribution is -0.384. The summed E-state index contributed by atoms with van der Waals surface area (Å²) in [5.74, 6) is -0.882. The third kappa shape index (κ3) is 6.79. The molecule has 1 fully saturated rings. The van der Waals surface area contributed by atoms with Gasteiger partial charge in [0, 0.05) is 47.2 Å². The lowest BCUT2D eigenvalue weighted by Gasteiger charge is -2.30. The summed E-state index contributed by atoms with van der Waals surface area (Å²) in [5.41, 5.74) is 2.05. The standard InChI is InChI=1S/C25H22ClN5O5S/c26-17-3-1-2-16(14-17)23(32)27-18-4-6-19(7-5-18)28-25(37)29-24(33)21-15-20(31(34)35)8-9-22(21)30-10-12-36-13-11-30/h1-9,14-15H,10-13H2,(H,27,32)(H2,28,29,33,37). The molecular weight excluding hydrogens is 518 g/mol. The highest BCUT2D eigenvalue weighted by Crippen LogP contribution is 2.26. The van der Waals surface area contributed by atoms with E-state index in [0.29, 0.717) is 54.0 Å². The van der Waals surface area contributed by atoms with Crippen molar-refractivity contribution in [3.63, 3.8) is 0 Å². The number of rotatable bonds is 6. The van der Waals surface area contributed by atoms with Crippen LogP contribution in [0.15, 0.2) is 66.7 Å². The van der Waals surface area contributed by atoms with Crippen molar-refractivity contribution in [3.05, 3.63) is 93.0 Å². The highest BCUT2D eigenvalue weighted by molar-refractivity contribution is 7.80. The van der Waals surface area contributed by atoms with Crippen LogP contribution >= 0.6 is 23.8 Å². The van der Waals surface area contributed by atoms with Crippen LogP contribution in [0, 0.1) is 10.1 Å². The Hall–Kier alpha value is -4.06. The van der Waals surface area contributed by atoms with Gasteiger partial charge in [0.05, 0.1) is 29.4 Å². The number of amides is 2. The number of nitrogens with zero attached hydrogens (tertiary/aromatic N) is 2. The van der Waals surface area contributed by atoms with Crippen molar-refractivity contribution < 1.29 is 19.2 Å². The number of halogens is 1. The van der Waals surface area contributed by atoms with E-state index in [2.05, 4.69) is 16.0 Å². The zero-order chi connectivity index (χ0) is 26.4. The van der Waals surface area contributed by atoms with Gasteiger partial charge < -0.3 is 20.3 Å². The number of hydrogen-bond acceptors (Lipinski definition) is 7. The molecule has 0 radical (unpaired) electrons. The average molecular weight is 540 g/mol. The van der Waals surface area contributed by atoms with E-state index in [1.807, 2.05) is 4.90 Å². The number of benzene rings is 3. The van der Waals surface area contributed by atoms with Crippen LogP contribution in [-0.4, -0.2) is 48.2 Å². The van der Waals surface area contributed by atoms with E-state index < -0.39 is 10.8 Å². The number of thiocarbonyl (C=S) groups is 1. The van der Waals surface area contributed by atoms with Crippen LogP contribution in [-0.2, 0) is 4.74 Å². The molecule has 1 aliphatic heterocycles. The number of carbonyl (C=O) groups is 2. The topological polar surface area (TPSA) is 126 Å². The highest BCUT2D eigenvalue weighted by Gasteiger charge is 2.22. The van der Waals surface area contributed by atoms with Gasteiger partial charge in [-0.2, -0.15) is 0 Å². The molecule has 3 aromatic rings. The molecular formula is C25H22ClN5O5S. The first kappa shape index (κ1) is 26.0. The number of nitro benzene ring substituents is 1. The van der Waals surface area contributed by atoms with Gasteiger partial charge in [0.2, 0.25) is 0 Å². The molecule has 0 spiro atoms. The lowest BCUT2D eigenvalue weighted by atomic mass is 10.1. The average Bonchev–Trinajstić information content (AvgIpc) is 2.89. The molecule has 2 amide bonds. The zero-order valence-electron chi connectivity index (χ0n) is 19.4. The van der Waals surface area contributed by atoms with Crippen molar-refractivity contribution in [2.45, 2.75) is 0 Å². The number of nitrogens with one attached hydrogen (secondary N) is 3. The molecule has 0 aromatic heterocycles. The van der Waals surface area contributed by atoms with Crippen LogP contribution in [0.3, 0.4) is 0 Å². The van der Waals surface area contributed by atoms with Gasteiger partial charge in [-0.25, -0.2) is 0 Å². The van der Waals surface area contributed by atoms with Gasteiger partial charge in [0.25, 0.3) is 17.5 Å². The van der Waals surface area contributed by atoms with Crippen LogP contribution < -0.4 is 20.9 Å². The molecule has 10 nitrogen and oxygen atoms in total. The second-order valence-corrected chi connectivity index (χ2v) is 8.85. The molecule has 1 aliphatic rings. The predicted octanol–water partition coefficient (Wildman–Crippen LogP) is 4.46. The smallest absolute Gasteiger partial charge is 0.270 e. The summed E-state index contributed by atoms with van der Waals surface area (Å²) < 4.78 is 5.36. The van der Waals surface area contributed by atoms with E-state index in [1.54, 1.807) is 54.6 Å². The normalized spacial score (nSPS) is 12.9. The van der Waals surface area contributed by atoms with Gasteiger partial charge >= 0.3 is 0 Å². The molecule has 4 rings (SSSR count). The monoisotopic (exact) mass is 539 g/mol. The van der Waals surface area contributed by atoms with Gasteiger partial charge in [-0.05, 0) is 60.7 Å². The minimum atomic E-state index is -0.576. The van der Waals surface area contributed by atoms with Gasteiger partial charge in [-0.1, -0.05) is 17.7 Å². The zero-order valence-corrected chi connectivity index (χ0v) is 21.0. The van der Waals surface area contributed by atoms with Crippen LogP contribution in [0.4, 0.5) is 22.7 Å². The first-order valence-electron chi connectivity index (χ1n) is 11.2. The predicted molar refractivity (Wildman–Crippen MR) is 146 cm³/mol. The Morgan fingerprint density at radius 2 is 1.62 bits per heavy atom. The van der Waals surface area contributed by atoms with Crippen molar-refractivity contribution in [1.82, 2.24) is 5.32 Å². The van der Waals surface area contributed by atoms with Crippen molar-refractivity contribution in [3.8, 4) is 0 Å². The number of hydrogen-bond donors (Lipinski definition) is 3. The largest absolute Gasteiger partial charge is 0.378 e. The van der Waals surface area contributed by atoms with Crippen molar-refractivity contribution in [2.75, 3.05) is 41.8 Å². The Morgan fingerprint density at radius 1 is 0.946 bits per heavy atom. The summed E-state index contributed by atoms with van der Waals surface area (Å²) in [5, 5.41) is 20.0. The minimum Gasteiger partial charge on any atom is -0.378 e. The Labute approximate surface area is 222 Å². The SMILES string of the molecule is O=C(Nc1ccc(NC(=S)NC(=O)c2cc([N+](=O)[O-])ccc2N2CCOCC2)cc1)c1cccc(Cl)c1. The van der Waals surface area contributed by atoms with Crippen molar-refractivity contribution >= 4 is 63.5 Å². The van der Waals surface area contributed by atoms with E-state index in [0.717, 1.165) is 0 Å². The second kappa shape index (κ2) is 11.8. The molecule has 0 bridgehead atoms. The van der Waals surface area contributed by atoms with Gasteiger partial charge in [-0.3, -0.25) is 25.0 Å². The van der Waals surface area contributed by atoms with E-state index in [1.165, 1.54) is 12.1 Å². The first-order valence-corrected chi connectivity index (χ1v) is 12.0. The fourth-order valence-electron chi connectivity index (χ4n) is 3.70. The van der Waals surface area contributed by atoms with Crippen molar-refractivity contribution in [2.24, 2.45) is 0 Å². The number of anilines is 3. The molecule has 0 atom stereocenters. The van der Waals surface area contributed by atoms with E-state index in [4.69, 9.17) is 28.6 Å². The Bertz CT molecular complexity index is 1350. The summed E-state index contributed by atoms with van der Waals surface area (Å²) in [4.78, 5) is 38.1. The Kier molecular flexibility index (Phi) is 8.29. The van der Waals surface area contributed by atoms with E-state index in [-0.39, 0.29) is 22.3 Å². The van der Waals surface area contributed by atoms with Crippen molar-refractivity contribution in [1.29, 1.82) is 0 Å². The molecule has 0 unspecified atom stereocenters. The molecule has 190 valence electrons. The number of non-ortho nitro benzene ring substituents is 1. The maximum atomic E-state index is 13.0. The number of morpholine rings is 1. The quantitative estimate of drug-likeness (QED) is 0.238. The summed E-state index contributed by atoms with van der Waals surface area (Å²) in [6.07, 6.45) is 0. The maximum Gasteiger partial charge on any atom is 0.270 e. The van der Waals surface area contributed by atoms with Gasteiger partial charge in [0.15, 0.2) is 5.11 Å². The second-order valence-electron chi connectivity index (χ2n) is 8.01. The fraction of sp³-hybridized carbons (Fsp3) is 0.160. The third-order valence-electron chi connectivity index (χ3n) is 5.50. The molecule has 37 heavy (non-hydrogen) atoms. The molecule has 3 N–H and O–H groups in total. The molecule has 0 saturated carbocycles. The molecule has 12 heteroatoms. The van der Waals surface area contributed by atoms with Crippen LogP contribution in [0.5, 0.6) is 0 Å². The van der Waals surface area contributed by atoms with Crippen LogP contribution in [0.2, 0.25) is 5.02 Å². The first-order chi connectivity index (χ1) is 17.8. The summed E-state index contributed by atoms with van der Waals surface area (Å²) >= 11 is 11.2. The summed E-state index contributed by atoms with van der Waals surface area (Å²) in [7, 11) is 0. The van der Waals surface area contributed by atoms with Gasteiger partial charge in [0.1, 0.15) is 0 Å². The lowest BCUT2D eigenvalue weighted by Crippen LogP contribution is -2.39. The molecule has 1 heterocycles. The maximum absolute atomic E-state index is 13.0. The minimum absolute atomic E-state index is 0.0140. The van der Waals surface area contributed by atoms with E-state index in [9.17, 15) is 19.7 Å². The number of ether oxygens (including phenoxy) is 1. The Balaban J connectivity index is 1.40. The van der Waals surface area contributed by atoms with Gasteiger partial charge in [-0.15, -0.1) is 0 Å². The Morgan fingerprint density at radius 3 is 2.27 bits per heavy atom. The van der Waals surface area contributed by atoms with E-state index >= 15 is 0 Å². The number of carbonyl (C=O) groups excluding carboxylic acids is 2. The molecule has 1 saturated heterocycles. The summed E-state index contributed by atoms with van der Waals surface area (Å²) in [6.45, 7) is 2.10. The molecule has 3 aromatic carbocycles. The van der Waals surface area contributed by atoms with Crippen LogP contribution in [0.1, 0.15) is 20.7 Å². The third-order valence-corrected chi connectivity index (χ3v) is 5.94. The summed E-state index contributed by atoms with van der Waals surface area (Å²) in [6, 6.07) is 17.5. The van der Waals surface area contributed by atoms with Crippen LogP contribution in [0.25, 0.3) is 0 Å². The highest BCUT2D eigenvalue weighted by atomic mass is 35.5. The molecule has 0 aliphatic carbocycles. The number of nitro groups is 1.